The standard InChI is InChI=1S/C11H16N2O3/c1-8-2-6-13(7-3-8)10(16)12-11(4-5-11)9(14)15/h2H,3-7H2,1H3,(H,12,16)(H,14,15). The van der Waals surface area contributed by atoms with Gasteiger partial charge in [-0.15, -0.1) is 0 Å². The Hall–Kier alpha value is -1.52. The van der Waals surface area contributed by atoms with Crippen LogP contribution in [-0.2, 0) is 4.79 Å². The summed E-state index contributed by atoms with van der Waals surface area (Å²) in [6.45, 7) is 3.28. The van der Waals surface area contributed by atoms with Crippen molar-refractivity contribution in [2.75, 3.05) is 13.1 Å². The molecule has 0 saturated heterocycles. The molecule has 2 amide bonds. The Morgan fingerprint density at radius 2 is 2.19 bits per heavy atom. The molecule has 2 N–H and O–H groups in total. The Morgan fingerprint density at radius 1 is 1.50 bits per heavy atom. The molecule has 0 aromatic rings. The topological polar surface area (TPSA) is 69.6 Å². The lowest BCUT2D eigenvalue weighted by Gasteiger charge is -2.27. The van der Waals surface area contributed by atoms with Gasteiger partial charge in [-0.1, -0.05) is 11.6 Å². The molecular formula is C11H16N2O3. The fourth-order valence-corrected chi connectivity index (χ4v) is 1.76. The van der Waals surface area contributed by atoms with Crippen molar-refractivity contribution in [3.05, 3.63) is 11.6 Å². The van der Waals surface area contributed by atoms with E-state index in [-0.39, 0.29) is 6.03 Å². The molecule has 5 nitrogen and oxygen atoms in total. The van der Waals surface area contributed by atoms with Gasteiger partial charge in [-0.25, -0.2) is 9.59 Å². The minimum atomic E-state index is -0.979. The van der Waals surface area contributed by atoms with Crippen LogP contribution in [0.25, 0.3) is 0 Å². The van der Waals surface area contributed by atoms with Crippen molar-refractivity contribution in [2.24, 2.45) is 0 Å². The first kappa shape index (κ1) is 11.0. The number of carboxylic acid groups (broad SMARTS) is 1. The first-order valence-electron chi connectivity index (χ1n) is 5.50. The smallest absolute Gasteiger partial charge is 0.329 e. The predicted molar refractivity (Wildman–Crippen MR) is 58.1 cm³/mol. The van der Waals surface area contributed by atoms with Crippen molar-refractivity contribution in [3.8, 4) is 0 Å². The second-order valence-corrected chi connectivity index (χ2v) is 4.56. The fourth-order valence-electron chi connectivity index (χ4n) is 1.76. The molecule has 1 aliphatic heterocycles. The molecule has 2 aliphatic rings. The number of nitrogens with zero attached hydrogens (tertiary/aromatic N) is 1. The van der Waals surface area contributed by atoms with Crippen molar-refractivity contribution < 1.29 is 14.7 Å². The van der Waals surface area contributed by atoms with E-state index in [4.69, 9.17) is 5.11 Å². The van der Waals surface area contributed by atoms with Crippen LogP contribution in [0.15, 0.2) is 11.6 Å². The summed E-state index contributed by atoms with van der Waals surface area (Å²) >= 11 is 0. The molecule has 0 atom stereocenters. The van der Waals surface area contributed by atoms with E-state index in [9.17, 15) is 9.59 Å². The van der Waals surface area contributed by atoms with E-state index in [2.05, 4.69) is 5.32 Å². The van der Waals surface area contributed by atoms with Crippen molar-refractivity contribution in [2.45, 2.75) is 31.7 Å². The molecule has 1 heterocycles. The maximum absolute atomic E-state index is 11.8. The van der Waals surface area contributed by atoms with Crippen LogP contribution in [0.4, 0.5) is 4.79 Å². The van der Waals surface area contributed by atoms with Gasteiger partial charge < -0.3 is 15.3 Å². The maximum atomic E-state index is 11.8. The second kappa shape index (κ2) is 3.81. The van der Waals surface area contributed by atoms with Crippen LogP contribution in [0.1, 0.15) is 26.2 Å². The van der Waals surface area contributed by atoms with E-state index in [0.29, 0.717) is 25.9 Å². The normalized spacial score (nSPS) is 22.3. The van der Waals surface area contributed by atoms with Gasteiger partial charge in [0, 0.05) is 13.1 Å². The third kappa shape index (κ3) is 2.03. The van der Waals surface area contributed by atoms with Gasteiger partial charge in [0.25, 0.3) is 0 Å². The Morgan fingerprint density at radius 3 is 2.62 bits per heavy atom. The lowest BCUT2D eigenvalue weighted by molar-refractivity contribution is -0.140. The Bertz CT molecular complexity index is 358. The number of nitrogens with one attached hydrogen (secondary N) is 1. The van der Waals surface area contributed by atoms with E-state index in [1.54, 1.807) is 4.90 Å². The SMILES string of the molecule is CC1=CCN(C(=O)NC2(C(=O)O)CC2)CC1. The Kier molecular flexibility index (Phi) is 2.61. The highest BCUT2D eigenvalue weighted by Gasteiger charge is 2.52. The summed E-state index contributed by atoms with van der Waals surface area (Å²) < 4.78 is 0. The molecule has 1 fully saturated rings. The number of hydrogen-bond donors (Lipinski definition) is 2. The van der Waals surface area contributed by atoms with Gasteiger partial charge in [-0.2, -0.15) is 0 Å². The van der Waals surface area contributed by atoms with Gasteiger partial charge in [0.2, 0.25) is 0 Å². The van der Waals surface area contributed by atoms with Crippen LogP contribution >= 0.6 is 0 Å². The number of rotatable bonds is 2. The average Bonchev–Trinajstić information content (AvgIpc) is 3.00. The van der Waals surface area contributed by atoms with Gasteiger partial charge in [-0.05, 0) is 26.2 Å². The summed E-state index contributed by atoms with van der Waals surface area (Å²) in [5.74, 6) is -0.926. The Labute approximate surface area is 94.1 Å². The lowest BCUT2D eigenvalue weighted by atomic mass is 10.1. The monoisotopic (exact) mass is 224 g/mol. The summed E-state index contributed by atoms with van der Waals surface area (Å²) in [6, 6.07) is -0.261. The highest BCUT2D eigenvalue weighted by Crippen LogP contribution is 2.35. The number of carbonyl (C=O) groups is 2. The quantitative estimate of drug-likeness (QED) is 0.686. The fraction of sp³-hybridized carbons (Fsp3) is 0.636. The van der Waals surface area contributed by atoms with E-state index < -0.39 is 11.5 Å². The number of urea groups is 1. The number of amides is 2. The molecule has 0 aromatic carbocycles. The zero-order valence-corrected chi connectivity index (χ0v) is 9.32. The second-order valence-electron chi connectivity index (χ2n) is 4.56. The van der Waals surface area contributed by atoms with Gasteiger partial charge in [-0.3, -0.25) is 0 Å². The number of carbonyl (C=O) groups excluding carboxylic acids is 1. The van der Waals surface area contributed by atoms with Crippen molar-refractivity contribution in [1.82, 2.24) is 10.2 Å². The van der Waals surface area contributed by atoms with Crippen molar-refractivity contribution in [3.63, 3.8) is 0 Å². The average molecular weight is 224 g/mol. The zero-order valence-electron chi connectivity index (χ0n) is 9.32. The summed E-state index contributed by atoms with van der Waals surface area (Å²) in [4.78, 5) is 24.3. The molecule has 1 saturated carbocycles. The van der Waals surface area contributed by atoms with Crippen LogP contribution in [0.3, 0.4) is 0 Å². The summed E-state index contributed by atoms with van der Waals surface area (Å²) in [7, 11) is 0. The molecule has 16 heavy (non-hydrogen) atoms. The third-order valence-corrected chi connectivity index (χ3v) is 3.23. The molecule has 0 radical (unpaired) electrons. The first-order valence-corrected chi connectivity index (χ1v) is 5.50. The van der Waals surface area contributed by atoms with E-state index in [1.165, 1.54) is 5.57 Å². The number of carboxylic acids is 1. The minimum Gasteiger partial charge on any atom is -0.480 e. The summed E-state index contributed by atoms with van der Waals surface area (Å²) in [6.07, 6.45) is 3.95. The summed E-state index contributed by atoms with van der Waals surface area (Å²) in [5, 5.41) is 11.6. The van der Waals surface area contributed by atoms with Gasteiger partial charge >= 0.3 is 12.0 Å². The highest BCUT2D eigenvalue weighted by molar-refractivity contribution is 5.89. The minimum absolute atomic E-state index is 0.261. The zero-order chi connectivity index (χ0) is 11.8. The van der Waals surface area contributed by atoms with Gasteiger partial charge in [0.15, 0.2) is 0 Å². The molecule has 2 rings (SSSR count). The molecule has 0 spiro atoms. The molecular weight excluding hydrogens is 208 g/mol. The van der Waals surface area contributed by atoms with Crippen LogP contribution in [0.2, 0.25) is 0 Å². The highest BCUT2D eigenvalue weighted by atomic mass is 16.4. The number of hydrogen-bond acceptors (Lipinski definition) is 2. The maximum Gasteiger partial charge on any atom is 0.329 e. The van der Waals surface area contributed by atoms with Crippen LogP contribution in [0.5, 0.6) is 0 Å². The van der Waals surface area contributed by atoms with E-state index in [1.807, 2.05) is 13.0 Å². The number of aliphatic carboxylic acids is 1. The summed E-state index contributed by atoms with van der Waals surface area (Å²) in [5.41, 5.74) is 0.302. The van der Waals surface area contributed by atoms with Crippen LogP contribution < -0.4 is 5.32 Å². The Balaban J connectivity index is 1.92. The molecule has 0 unspecified atom stereocenters. The lowest BCUT2D eigenvalue weighted by Crippen LogP contribution is -2.50. The molecule has 88 valence electrons. The van der Waals surface area contributed by atoms with Crippen molar-refractivity contribution in [1.29, 1.82) is 0 Å². The van der Waals surface area contributed by atoms with Gasteiger partial charge in [0.05, 0.1) is 0 Å². The molecule has 0 bridgehead atoms. The van der Waals surface area contributed by atoms with Crippen LogP contribution in [-0.4, -0.2) is 40.6 Å². The van der Waals surface area contributed by atoms with E-state index in [0.717, 1.165) is 6.42 Å². The molecule has 1 aliphatic carbocycles. The van der Waals surface area contributed by atoms with Gasteiger partial charge in [0.1, 0.15) is 5.54 Å². The third-order valence-electron chi connectivity index (χ3n) is 3.23. The first-order chi connectivity index (χ1) is 7.53. The van der Waals surface area contributed by atoms with E-state index >= 15 is 0 Å². The van der Waals surface area contributed by atoms with Crippen LogP contribution in [0, 0.1) is 0 Å². The molecule has 5 heteroatoms. The van der Waals surface area contributed by atoms with Crippen molar-refractivity contribution >= 4 is 12.0 Å². The molecule has 0 aromatic heterocycles. The predicted octanol–water partition coefficient (Wildman–Crippen LogP) is 0.965. The largest absolute Gasteiger partial charge is 0.480 e.